The third-order valence-corrected chi connectivity index (χ3v) is 3.07. The lowest BCUT2D eigenvalue weighted by atomic mass is 10.2. The fourth-order valence-electron chi connectivity index (χ4n) is 1.21. The van der Waals surface area contributed by atoms with Crippen molar-refractivity contribution in [3.63, 3.8) is 0 Å². The van der Waals surface area contributed by atoms with Crippen LogP contribution in [0, 0.1) is 5.82 Å². The third-order valence-electron chi connectivity index (χ3n) is 1.84. The predicted molar refractivity (Wildman–Crippen MR) is 51.8 cm³/mol. The SMILES string of the molecule is Fc1cc2cc(Cl)sc2cc1C(F)F. The minimum absolute atomic E-state index is 0.464. The average molecular weight is 237 g/mol. The average Bonchev–Trinajstić information content (AvgIpc) is 2.42. The molecule has 0 N–H and O–H groups in total. The van der Waals surface area contributed by atoms with Crippen molar-refractivity contribution in [3.8, 4) is 0 Å². The summed E-state index contributed by atoms with van der Waals surface area (Å²) in [5.74, 6) is -0.887. The molecule has 2 rings (SSSR count). The van der Waals surface area contributed by atoms with Crippen LogP contribution < -0.4 is 0 Å². The molecular formula is C9H4ClF3S. The van der Waals surface area contributed by atoms with E-state index in [1.807, 2.05) is 0 Å². The van der Waals surface area contributed by atoms with Crippen LogP contribution in [-0.4, -0.2) is 0 Å². The van der Waals surface area contributed by atoms with Gasteiger partial charge < -0.3 is 0 Å². The quantitative estimate of drug-likeness (QED) is 0.677. The molecule has 1 aromatic heterocycles. The summed E-state index contributed by atoms with van der Waals surface area (Å²) in [5, 5.41) is 0.557. The first kappa shape index (κ1) is 9.80. The second-order valence-electron chi connectivity index (χ2n) is 2.76. The van der Waals surface area contributed by atoms with Crippen LogP contribution in [0.15, 0.2) is 18.2 Å². The van der Waals surface area contributed by atoms with E-state index in [0.29, 0.717) is 14.4 Å². The summed E-state index contributed by atoms with van der Waals surface area (Å²) in [6.45, 7) is 0. The van der Waals surface area contributed by atoms with Crippen molar-refractivity contribution in [2.24, 2.45) is 0 Å². The second kappa shape index (κ2) is 3.44. The van der Waals surface area contributed by atoms with Crippen LogP contribution in [0.3, 0.4) is 0 Å². The van der Waals surface area contributed by atoms with E-state index in [0.717, 1.165) is 23.5 Å². The Bertz CT molecular complexity index is 478. The molecule has 0 amide bonds. The molecule has 0 spiro atoms. The van der Waals surface area contributed by atoms with Crippen LogP contribution in [-0.2, 0) is 0 Å². The molecule has 0 aliphatic carbocycles. The van der Waals surface area contributed by atoms with Crippen molar-refractivity contribution in [2.75, 3.05) is 0 Å². The van der Waals surface area contributed by atoms with Crippen LogP contribution in [0.25, 0.3) is 10.1 Å². The second-order valence-corrected chi connectivity index (χ2v) is 4.48. The molecule has 14 heavy (non-hydrogen) atoms. The topological polar surface area (TPSA) is 0 Å². The molecule has 0 atom stereocenters. The number of rotatable bonds is 1. The highest BCUT2D eigenvalue weighted by atomic mass is 35.5. The Hall–Kier alpha value is -0.740. The molecule has 1 heterocycles. The maximum Gasteiger partial charge on any atom is 0.266 e. The summed E-state index contributed by atoms with van der Waals surface area (Å²) in [5.41, 5.74) is -0.573. The Labute approximate surface area is 86.9 Å². The highest BCUT2D eigenvalue weighted by molar-refractivity contribution is 7.22. The summed E-state index contributed by atoms with van der Waals surface area (Å²) >= 11 is 6.83. The van der Waals surface area contributed by atoms with Gasteiger partial charge in [-0.05, 0) is 23.6 Å². The molecule has 1 aromatic carbocycles. The van der Waals surface area contributed by atoms with Gasteiger partial charge in [-0.1, -0.05) is 11.6 Å². The number of hydrogen-bond donors (Lipinski definition) is 0. The van der Waals surface area contributed by atoms with Gasteiger partial charge in [0.2, 0.25) is 0 Å². The minimum atomic E-state index is -2.79. The molecule has 5 heteroatoms. The summed E-state index contributed by atoms with van der Waals surface area (Å²) < 4.78 is 38.7. The molecule has 0 fully saturated rings. The van der Waals surface area contributed by atoms with Crippen LogP contribution in [0.4, 0.5) is 13.2 Å². The van der Waals surface area contributed by atoms with E-state index in [9.17, 15) is 13.2 Å². The molecule has 0 unspecified atom stereocenters. The van der Waals surface area contributed by atoms with Crippen molar-refractivity contribution in [3.05, 3.63) is 33.9 Å². The van der Waals surface area contributed by atoms with E-state index >= 15 is 0 Å². The summed E-state index contributed by atoms with van der Waals surface area (Å²) in [7, 11) is 0. The van der Waals surface area contributed by atoms with E-state index in [2.05, 4.69) is 0 Å². The number of alkyl halides is 2. The molecule has 2 aromatic rings. The summed E-state index contributed by atoms with van der Waals surface area (Å²) in [4.78, 5) is 0. The first-order valence-electron chi connectivity index (χ1n) is 3.74. The third kappa shape index (κ3) is 1.60. The monoisotopic (exact) mass is 236 g/mol. The number of halogens is 4. The molecule has 0 aliphatic heterocycles. The first-order valence-corrected chi connectivity index (χ1v) is 4.94. The fraction of sp³-hybridized carbons (Fsp3) is 0.111. The van der Waals surface area contributed by atoms with Crippen LogP contribution >= 0.6 is 22.9 Å². The lowest BCUT2D eigenvalue weighted by molar-refractivity contribution is 0.146. The Morgan fingerprint density at radius 1 is 1.21 bits per heavy atom. The van der Waals surface area contributed by atoms with Gasteiger partial charge in [0.1, 0.15) is 5.82 Å². The Morgan fingerprint density at radius 2 is 1.93 bits per heavy atom. The van der Waals surface area contributed by atoms with Gasteiger partial charge in [-0.25, -0.2) is 13.2 Å². The molecule has 0 radical (unpaired) electrons. The molecule has 74 valence electrons. The van der Waals surface area contributed by atoms with Gasteiger partial charge in [0, 0.05) is 4.70 Å². The summed E-state index contributed by atoms with van der Waals surface area (Å²) in [6, 6.07) is 3.78. The zero-order valence-corrected chi connectivity index (χ0v) is 8.30. The molecule has 0 saturated carbocycles. The zero-order valence-electron chi connectivity index (χ0n) is 6.73. The standard InChI is InChI=1S/C9H4ClF3S/c10-8-2-4-1-6(11)5(9(12)13)3-7(4)14-8/h1-3,9H. The Morgan fingerprint density at radius 3 is 2.57 bits per heavy atom. The zero-order chi connectivity index (χ0) is 10.3. The molecule has 0 nitrogen and oxygen atoms in total. The number of thiophene rings is 1. The van der Waals surface area contributed by atoms with Gasteiger partial charge in [-0.2, -0.15) is 0 Å². The van der Waals surface area contributed by atoms with Gasteiger partial charge in [-0.15, -0.1) is 11.3 Å². The minimum Gasteiger partial charge on any atom is -0.206 e. The number of hydrogen-bond acceptors (Lipinski definition) is 1. The lowest BCUT2D eigenvalue weighted by Gasteiger charge is -2.00. The van der Waals surface area contributed by atoms with Crippen molar-refractivity contribution in [1.82, 2.24) is 0 Å². The molecule has 0 bridgehead atoms. The van der Waals surface area contributed by atoms with Gasteiger partial charge in [-0.3, -0.25) is 0 Å². The Balaban J connectivity index is 2.70. The van der Waals surface area contributed by atoms with Gasteiger partial charge in [0.15, 0.2) is 0 Å². The fourth-order valence-corrected chi connectivity index (χ4v) is 2.39. The van der Waals surface area contributed by atoms with Crippen molar-refractivity contribution < 1.29 is 13.2 Å². The smallest absolute Gasteiger partial charge is 0.206 e. The largest absolute Gasteiger partial charge is 0.266 e. The van der Waals surface area contributed by atoms with E-state index in [-0.39, 0.29) is 0 Å². The molecule has 0 aliphatic rings. The van der Waals surface area contributed by atoms with Crippen LogP contribution in [0.2, 0.25) is 4.34 Å². The number of benzene rings is 1. The van der Waals surface area contributed by atoms with Crippen molar-refractivity contribution in [2.45, 2.75) is 6.43 Å². The van der Waals surface area contributed by atoms with Crippen LogP contribution in [0.5, 0.6) is 0 Å². The Kier molecular flexibility index (Phi) is 2.41. The van der Waals surface area contributed by atoms with Crippen molar-refractivity contribution >= 4 is 33.0 Å². The highest BCUT2D eigenvalue weighted by Crippen LogP contribution is 2.33. The van der Waals surface area contributed by atoms with Crippen molar-refractivity contribution in [1.29, 1.82) is 0 Å². The summed E-state index contributed by atoms with van der Waals surface area (Å²) in [6.07, 6.45) is -2.79. The van der Waals surface area contributed by atoms with Gasteiger partial charge >= 0.3 is 0 Å². The molecular weight excluding hydrogens is 233 g/mol. The predicted octanol–water partition coefficient (Wildman–Crippen LogP) is 4.63. The van der Waals surface area contributed by atoms with E-state index < -0.39 is 17.8 Å². The van der Waals surface area contributed by atoms with E-state index in [1.165, 1.54) is 0 Å². The van der Waals surface area contributed by atoms with Gasteiger partial charge in [0.05, 0.1) is 9.90 Å². The highest BCUT2D eigenvalue weighted by Gasteiger charge is 2.15. The van der Waals surface area contributed by atoms with E-state index in [1.54, 1.807) is 6.07 Å². The molecule has 0 saturated heterocycles. The lowest BCUT2D eigenvalue weighted by Crippen LogP contribution is -1.89. The maximum atomic E-state index is 13.1. The maximum absolute atomic E-state index is 13.1. The number of fused-ring (bicyclic) bond motifs is 1. The van der Waals surface area contributed by atoms with E-state index in [4.69, 9.17) is 11.6 Å². The van der Waals surface area contributed by atoms with Crippen LogP contribution in [0.1, 0.15) is 12.0 Å². The first-order chi connectivity index (χ1) is 6.58. The van der Waals surface area contributed by atoms with Gasteiger partial charge in [0.25, 0.3) is 6.43 Å². The normalized spacial score (nSPS) is 11.5.